The Morgan fingerprint density at radius 2 is 2.07 bits per heavy atom. The molecule has 4 nitrogen and oxygen atoms in total. The lowest BCUT2D eigenvalue weighted by Gasteiger charge is -2.15. The van der Waals surface area contributed by atoms with Crippen LogP contribution in [0.3, 0.4) is 0 Å². The van der Waals surface area contributed by atoms with Gasteiger partial charge in [-0.05, 0) is 63.1 Å². The summed E-state index contributed by atoms with van der Waals surface area (Å²) in [5, 5.41) is 10.7. The SMILES string of the molecule is Cc1ccc(-n2c(SCCCO)nc3sc4c(c3c2=O)CCCC4)c(C)c1. The molecule has 3 aromatic rings. The molecule has 0 amide bonds. The Kier molecular flexibility index (Phi) is 5.39. The van der Waals surface area contributed by atoms with Crippen molar-refractivity contribution in [2.75, 3.05) is 12.4 Å². The monoisotopic (exact) mass is 400 g/mol. The number of fused-ring (bicyclic) bond motifs is 3. The Bertz CT molecular complexity index is 1050. The van der Waals surface area contributed by atoms with Gasteiger partial charge in [-0.1, -0.05) is 29.5 Å². The molecule has 1 aliphatic carbocycles. The van der Waals surface area contributed by atoms with Gasteiger partial charge in [0, 0.05) is 17.2 Å². The molecule has 0 spiro atoms. The molecule has 0 radical (unpaired) electrons. The average molecular weight is 401 g/mol. The molecule has 142 valence electrons. The zero-order valence-corrected chi connectivity index (χ0v) is 17.4. The quantitative estimate of drug-likeness (QED) is 0.391. The largest absolute Gasteiger partial charge is 0.396 e. The van der Waals surface area contributed by atoms with E-state index in [1.165, 1.54) is 22.4 Å². The molecule has 6 heteroatoms. The number of thioether (sulfide) groups is 1. The fraction of sp³-hybridized carbons (Fsp3) is 0.429. The highest BCUT2D eigenvalue weighted by molar-refractivity contribution is 7.99. The summed E-state index contributed by atoms with van der Waals surface area (Å²) in [6, 6.07) is 6.18. The van der Waals surface area contributed by atoms with E-state index in [1.807, 2.05) is 19.1 Å². The van der Waals surface area contributed by atoms with Crippen molar-refractivity contribution in [1.82, 2.24) is 9.55 Å². The highest BCUT2D eigenvalue weighted by Crippen LogP contribution is 2.35. The predicted molar refractivity (Wildman–Crippen MR) is 114 cm³/mol. The van der Waals surface area contributed by atoms with Crippen LogP contribution in [0.15, 0.2) is 28.2 Å². The third-order valence-corrected chi connectivity index (χ3v) is 7.30. The molecule has 27 heavy (non-hydrogen) atoms. The number of hydrogen-bond donors (Lipinski definition) is 1. The van der Waals surface area contributed by atoms with Crippen molar-refractivity contribution in [3.05, 3.63) is 50.1 Å². The normalized spacial score (nSPS) is 13.9. The van der Waals surface area contributed by atoms with Crippen LogP contribution in [0.5, 0.6) is 0 Å². The molecule has 0 saturated carbocycles. The lowest BCUT2D eigenvalue weighted by atomic mass is 9.97. The Hall–Kier alpha value is -1.63. The number of rotatable bonds is 5. The second-order valence-corrected chi connectivity index (χ2v) is 9.29. The molecule has 0 atom stereocenters. The van der Waals surface area contributed by atoms with Crippen molar-refractivity contribution in [2.45, 2.75) is 51.1 Å². The highest BCUT2D eigenvalue weighted by Gasteiger charge is 2.23. The Labute approximate surface area is 167 Å². The van der Waals surface area contributed by atoms with Gasteiger partial charge < -0.3 is 5.11 Å². The summed E-state index contributed by atoms with van der Waals surface area (Å²) in [5.74, 6) is 0.741. The van der Waals surface area contributed by atoms with Gasteiger partial charge in [0.2, 0.25) is 0 Å². The summed E-state index contributed by atoms with van der Waals surface area (Å²) in [6.07, 6.45) is 5.08. The fourth-order valence-corrected chi connectivity index (χ4v) is 6.01. The third-order valence-electron chi connectivity index (χ3n) is 5.08. The first-order chi connectivity index (χ1) is 13.1. The molecule has 0 aliphatic heterocycles. The van der Waals surface area contributed by atoms with E-state index < -0.39 is 0 Å². The van der Waals surface area contributed by atoms with Crippen LogP contribution >= 0.6 is 23.1 Å². The second-order valence-electron chi connectivity index (χ2n) is 7.14. The standard InChI is InChI=1S/C21H24N2O2S2/c1-13-8-9-16(14(2)12-13)23-20(25)18-15-6-3-4-7-17(15)27-19(18)22-21(23)26-11-5-10-24/h8-9,12,24H,3-7,10-11H2,1-2H3. The summed E-state index contributed by atoms with van der Waals surface area (Å²) >= 11 is 3.24. The minimum absolute atomic E-state index is 0.0536. The Morgan fingerprint density at radius 3 is 2.85 bits per heavy atom. The van der Waals surface area contributed by atoms with Gasteiger partial charge in [-0.25, -0.2) is 4.98 Å². The van der Waals surface area contributed by atoms with Crippen LogP contribution < -0.4 is 5.56 Å². The second kappa shape index (κ2) is 7.78. The fourth-order valence-electron chi connectivity index (χ4n) is 3.78. The summed E-state index contributed by atoms with van der Waals surface area (Å²) in [7, 11) is 0. The molecule has 4 rings (SSSR count). The molecule has 0 unspecified atom stereocenters. The van der Waals surface area contributed by atoms with Crippen LogP contribution in [-0.2, 0) is 12.8 Å². The lowest BCUT2D eigenvalue weighted by Crippen LogP contribution is -2.23. The van der Waals surface area contributed by atoms with Crippen LogP contribution in [0.25, 0.3) is 15.9 Å². The Balaban J connectivity index is 1.96. The summed E-state index contributed by atoms with van der Waals surface area (Å²) in [5.41, 5.74) is 4.44. The van der Waals surface area contributed by atoms with Gasteiger partial charge in [0.05, 0.1) is 11.1 Å². The van der Waals surface area contributed by atoms with E-state index in [-0.39, 0.29) is 12.2 Å². The molecule has 2 heterocycles. The number of aryl methyl sites for hydroxylation is 4. The molecule has 2 aromatic heterocycles. The molecular formula is C21H24N2O2S2. The van der Waals surface area contributed by atoms with Crippen molar-refractivity contribution in [3.63, 3.8) is 0 Å². The van der Waals surface area contributed by atoms with Gasteiger partial charge in [-0.3, -0.25) is 9.36 Å². The first kappa shape index (κ1) is 18.7. The third kappa shape index (κ3) is 3.46. The van der Waals surface area contributed by atoms with Gasteiger partial charge in [0.15, 0.2) is 5.16 Å². The van der Waals surface area contributed by atoms with E-state index in [4.69, 9.17) is 10.1 Å². The van der Waals surface area contributed by atoms with Crippen molar-refractivity contribution < 1.29 is 5.11 Å². The average Bonchev–Trinajstić information content (AvgIpc) is 3.02. The van der Waals surface area contributed by atoms with Crippen molar-refractivity contribution in [2.24, 2.45) is 0 Å². The zero-order valence-electron chi connectivity index (χ0n) is 15.7. The van der Waals surface area contributed by atoms with Crippen LogP contribution in [0.4, 0.5) is 0 Å². The smallest absolute Gasteiger partial charge is 0.267 e. The van der Waals surface area contributed by atoms with E-state index in [0.717, 1.165) is 51.6 Å². The summed E-state index contributed by atoms with van der Waals surface area (Å²) < 4.78 is 1.79. The molecule has 1 aromatic carbocycles. The summed E-state index contributed by atoms with van der Waals surface area (Å²) in [4.78, 5) is 20.7. The first-order valence-corrected chi connectivity index (χ1v) is 11.3. The van der Waals surface area contributed by atoms with Gasteiger partial charge in [0.25, 0.3) is 5.56 Å². The van der Waals surface area contributed by atoms with E-state index in [0.29, 0.717) is 6.42 Å². The van der Waals surface area contributed by atoms with Crippen LogP contribution in [0.1, 0.15) is 40.8 Å². The molecule has 1 aliphatic rings. The van der Waals surface area contributed by atoms with Gasteiger partial charge in [0.1, 0.15) is 4.83 Å². The van der Waals surface area contributed by atoms with E-state index in [1.54, 1.807) is 27.7 Å². The number of benzene rings is 1. The zero-order chi connectivity index (χ0) is 19.0. The van der Waals surface area contributed by atoms with Crippen LogP contribution in [-0.4, -0.2) is 27.0 Å². The van der Waals surface area contributed by atoms with Crippen molar-refractivity contribution in [3.8, 4) is 5.69 Å². The molecule has 0 fully saturated rings. The minimum atomic E-state index is 0.0536. The number of nitrogens with zero attached hydrogens (tertiary/aromatic N) is 2. The van der Waals surface area contributed by atoms with Gasteiger partial charge in [-0.15, -0.1) is 11.3 Å². The first-order valence-electron chi connectivity index (χ1n) is 9.48. The summed E-state index contributed by atoms with van der Waals surface area (Å²) in [6.45, 7) is 4.26. The van der Waals surface area contributed by atoms with Gasteiger partial charge >= 0.3 is 0 Å². The molecular weight excluding hydrogens is 376 g/mol. The minimum Gasteiger partial charge on any atom is -0.396 e. The number of aromatic nitrogens is 2. The predicted octanol–water partition coefficient (Wildman–Crippen LogP) is 4.42. The Morgan fingerprint density at radius 1 is 1.26 bits per heavy atom. The molecule has 1 N–H and O–H groups in total. The van der Waals surface area contributed by atoms with Crippen molar-refractivity contribution >= 4 is 33.3 Å². The maximum atomic E-state index is 13.6. The number of aliphatic hydroxyl groups is 1. The van der Waals surface area contributed by atoms with Crippen molar-refractivity contribution in [1.29, 1.82) is 0 Å². The van der Waals surface area contributed by atoms with E-state index in [2.05, 4.69) is 13.0 Å². The van der Waals surface area contributed by atoms with E-state index in [9.17, 15) is 4.79 Å². The topological polar surface area (TPSA) is 55.1 Å². The van der Waals surface area contributed by atoms with E-state index >= 15 is 0 Å². The number of thiophene rings is 1. The van der Waals surface area contributed by atoms with Crippen LogP contribution in [0, 0.1) is 13.8 Å². The highest BCUT2D eigenvalue weighted by atomic mass is 32.2. The van der Waals surface area contributed by atoms with Gasteiger partial charge in [-0.2, -0.15) is 0 Å². The number of hydrogen-bond acceptors (Lipinski definition) is 5. The molecule has 0 saturated heterocycles. The number of aliphatic hydroxyl groups excluding tert-OH is 1. The maximum Gasteiger partial charge on any atom is 0.267 e. The lowest BCUT2D eigenvalue weighted by molar-refractivity contribution is 0.296. The molecule has 0 bridgehead atoms. The maximum absolute atomic E-state index is 13.6. The van der Waals surface area contributed by atoms with Crippen LogP contribution in [0.2, 0.25) is 0 Å².